The fourth-order valence-electron chi connectivity index (χ4n) is 1.23. The molecule has 0 fully saturated rings. The van der Waals surface area contributed by atoms with Crippen molar-refractivity contribution in [3.8, 4) is 6.07 Å². The lowest BCUT2D eigenvalue weighted by Crippen LogP contribution is -2.33. The maximum Gasteiger partial charge on any atom is 0.234 e. The van der Waals surface area contributed by atoms with Crippen LogP contribution in [0.15, 0.2) is 6.20 Å². The van der Waals surface area contributed by atoms with Crippen molar-refractivity contribution in [3.63, 3.8) is 0 Å². The Morgan fingerprint density at radius 3 is 3.00 bits per heavy atom. The van der Waals surface area contributed by atoms with Crippen molar-refractivity contribution in [2.45, 2.75) is 13.5 Å². The summed E-state index contributed by atoms with van der Waals surface area (Å²) in [7, 11) is 1.87. The maximum atomic E-state index is 11.1. The maximum absolute atomic E-state index is 11.1. The molecule has 1 heterocycles. The molecule has 86 valence electrons. The molecule has 1 aromatic rings. The predicted octanol–water partition coefficient (Wildman–Crippen LogP) is -0.542. The molecule has 0 aliphatic carbocycles. The van der Waals surface area contributed by atoms with E-state index < -0.39 is 0 Å². The van der Waals surface area contributed by atoms with Crippen molar-refractivity contribution >= 4 is 5.91 Å². The number of hydrogen-bond acceptors (Lipinski definition) is 4. The molecule has 0 saturated carbocycles. The summed E-state index contributed by atoms with van der Waals surface area (Å²) in [4.78, 5) is 11.1. The number of nitriles is 1. The van der Waals surface area contributed by atoms with Gasteiger partial charge in [-0.1, -0.05) is 0 Å². The van der Waals surface area contributed by atoms with Gasteiger partial charge in [-0.25, -0.2) is 0 Å². The van der Waals surface area contributed by atoms with Crippen molar-refractivity contribution < 1.29 is 4.79 Å². The van der Waals surface area contributed by atoms with Crippen LogP contribution < -0.4 is 10.6 Å². The molecule has 2 N–H and O–H groups in total. The molecule has 0 bridgehead atoms. The van der Waals surface area contributed by atoms with Crippen molar-refractivity contribution in [2.75, 3.05) is 13.1 Å². The molecule has 0 atom stereocenters. The van der Waals surface area contributed by atoms with Crippen LogP contribution in [0, 0.1) is 18.3 Å². The molecule has 6 heteroatoms. The first-order valence-corrected chi connectivity index (χ1v) is 4.97. The summed E-state index contributed by atoms with van der Waals surface area (Å²) >= 11 is 0. The highest BCUT2D eigenvalue weighted by Gasteiger charge is 2.04. The zero-order valence-corrected chi connectivity index (χ0v) is 9.45. The second kappa shape index (κ2) is 5.88. The zero-order valence-electron chi connectivity index (χ0n) is 9.45. The molecule has 0 aliphatic heterocycles. The first kappa shape index (κ1) is 12.2. The van der Waals surface area contributed by atoms with E-state index in [2.05, 4.69) is 15.7 Å². The summed E-state index contributed by atoms with van der Waals surface area (Å²) < 4.78 is 1.78. The third-order valence-corrected chi connectivity index (χ3v) is 2.30. The standard InChI is InChI=1S/C10H15N5O/c1-8-9(6-14-15(8)2)5-12-7-10(16)13-4-3-11/h6,12H,4-5,7H2,1-2H3,(H,13,16). The molecule has 0 radical (unpaired) electrons. The van der Waals surface area contributed by atoms with E-state index in [4.69, 9.17) is 5.26 Å². The summed E-state index contributed by atoms with van der Waals surface area (Å²) in [5.41, 5.74) is 2.14. The Kier molecular flexibility index (Phi) is 4.48. The van der Waals surface area contributed by atoms with Crippen molar-refractivity contribution in [3.05, 3.63) is 17.5 Å². The van der Waals surface area contributed by atoms with Gasteiger partial charge in [0.15, 0.2) is 0 Å². The summed E-state index contributed by atoms with van der Waals surface area (Å²) in [6, 6.07) is 1.85. The molecular weight excluding hydrogens is 206 g/mol. The van der Waals surface area contributed by atoms with Crippen molar-refractivity contribution in [1.29, 1.82) is 5.26 Å². The molecule has 1 amide bonds. The Balaban J connectivity index is 2.28. The number of carbonyl (C=O) groups is 1. The van der Waals surface area contributed by atoms with Crippen molar-refractivity contribution in [2.24, 2.45) is 7.05 Å². The summed E-state index contributed by atoms with van der Waals surface area (Å²) in [5, 5.41) is 17.8. The van der Waals surface area contributed by atoms with Crippen LogP contribution in [0.1, 0.15) is 11.3 Å². The number of rotatable bonds is 5. The lowest BCUT2D eigenvalue weighted by molar-refractivity contribution is -0.120. The zero-order chi connectivity index (χ0) is 12.0. The van der Waals surface area contributed by atoms with Gasteiger partial charge >= 0.3 is 0 Å². The molecule has 1 aromatic heterocycles. The van der Waals surface area contributed by atoms with E-state index in [0.717, 1.165) is 11.3 Å². The van der Waals surface area contributed by atoms with E-state index in [0.29, 0.717) is 6.54 Å². The van der Waals surface area contributed by atoms with E-state index in [1.54, 1.807) is 10.9 Å². The Labute approximate surface area is 94.2 Å². The van der Waals surface area contributed by atoms with Gasteiger partial charge in [-0.2, -0.15) is 10.4 Å². The van der Waals surface area contributed by atoms with E-state index in [1.807, 2.05) is 20.0 Å². The number of aromatic nitrogens is 2. The van der Waals surface area contributed by atoms with E-state index in [9.17, 15) is 4.79 Å². The van der Waals surface area contributed by atoms with Crippen LogP contribution in [0.2, 0.25) is 0 Å². The Morgan fingerprint density at radius 2 is 2.44 bits per heavy atom. The van der Waals surface area contributed by atoms with Crippen LogP contribution in [-0.4, -0.2) is 28.8 Å². The number of hydrogen-bond donors (Lipinski definition) is 2. The van der Waals surface area contributed by atoms with E-state index in [1.165, 1.54) is 0 Å². The normalized spacial score (nSPS) is 9.81. The lowest BCUT2D eigenvalue weighted by Gasteiger charge is -2.04. The largest absolute Gasteiger partial charge is 0.342 e. The van der Waals surface area contributed by atoms with Gasteiger partial charge in [0.05, 0.1) is 18.8 Å². The van der Waals surface area contributed by atoms with Crippen LogP contribution in [0.5, 0.6) is 0 Å². The first-order valence-electron chi connectivity index (χ1n) is 4.97. The second-order valence-corrected chi connectivity index (χ2v) is 3.42. The summed E-state index contributed by atoms with van der Waals surface area (Å²) in [6.45, 7) is 2.82. The number of nitrogens with zero attached hydrogens (tertiary/aromatic N) is 3. The minimum atomic E-state index is -0.178. The highest BCUT2D eigenvalue weighted by Crippen LogP contribution is 2.03. The number of amides is 1. The van der Waals surface area contributed by atoms with Crippen LogP contribution in [0.25, 0.3) is 0 Å². The quantitative estimate of drug-likeness (QED) is 0.654. The Hall–Kier alpha value is -1.87. The van der Waals surface area contributed by atoms with Gasteiger partial charge in [0.25, 0.3) is 0 Å². The number of nitrogens with one attached hydrogen (secondary N) is 2. The second-order valence-electron chi connectivity index (χ2n) is 3.42. The summed E-state index contributed by atoms with van der Waals surface area (Å²) in [6.07, 6.45) is 1.77. The lowest BCUT2D eigenvalue weighted by atomic mass is 10.2. The monoisotopic (exact) mass is 221 g/mol. The molecule has 0 aliphatic rings. The summed E-state index contributed by atoms with van der Waals surface area (Å²) in [5.74, 6) is -0.178. The van der Waals surface area contributed by atoms with Gasteiger partial charge in [0.2, 0.25) is 5.91 Å². The first-order chi connectivity index (χ1) is 7.65. The predicted molar refractivity (Wildman–Crippen MR) is 58.3 cm³/mol. The Morgan fingerprint density at radius 1 is 1.69 bits per heavy atom. The third-order valence-electron chi connectivity index (χ3n) is 2.30. The molecule has 1 rings (SSSR count). The molecule has 0 aromatic carbocycles. The number of carbonyl (C=O) groups excluding carboxylic acids is 1. The van der Waals surface area contributed by atoms with Gasteiger partial charge in [-0.05, 0) is 6.92 Å². The Bertz CT molecular complexity index is 404. The average Bonchev–Trinajstić information content (AvgIpc) is 2.58. The molecule has 16 heavy (non-hydrogen) atoms. The van der Waals surface area contributed by atoms with Gasteiger partial charge in [-0.3, -0.25) is 9.48 Å². The van der Waals surface area contributed by atoms with Gasteiger partial charge in [0, 0.05) is 24.8 Å². The molecule has 6 nitrogen and oxygen atoms in total. The molecule has 0 spiro atoms. The van der Waals surface area contributed by atoms with Crippen LogP contribution in [0.3, 0.4) is 0 Å². The molecular formula is C10H15N5O. The fraction of sp³-hybridized carbons (Fsp3) is 0.500. The van der Waals surface area contributed by atoms with E-state index in [-0.39, 0.29) is 19.0 Å². The van der Waals surface area contributed by atoms with E-state index >= 15 is 0 Å². The van der Waals surface area contributed by atoms with Gasteiger partial charge in [0.1, 0.15) is 6.54 Å². The van der Waals surface area contributed by atoms with Crippen molar-refractivity contribution in [1.82, 2.24) is 20.4 Å². The SMILES string of the molecule is Cc1c(CNCC(=O)NCC#N)cnn1C. The molecule has 0 saturated heterocycles. The highest BCUT2D eigenvalue weighted by molar-refractivity contribution is 5.78. The smallest absolute Gasteiger partial charge is 0.234 e. The average molecular weight is 221 g/mol. The number of aryl methyl sites for hydroxylation is 1. The third kappa shape index (κ3) is 3.37. The van der Waals surface area contributed by atoms with Crippen LogP contribution in [-0.2, 0) is 18.4 Å². The topological polar surface area (TPSA) is 82.7 Å². The highest BCUT2D eigenvalue weighted by atomic mass is 16.1. The van der Waals surface area contributed by atoms with Gasteiger partial charge in [-0.15, -0.1) is 0 Å². The molecule has 0 unspecified atom stereocenters. The van der Waals surface area contributed by atoms with Gasteiger partial charge < -0.3 is 10.6 Å². The van der Waals surface area contributed by atoms with Crippen LogP contribution in [0.4, 0.5) is 0 Å². The van der Waals surface area contributed by atoms with Crippen LogP contribution >= 0.6 is 0 Å². The minimum Gasteiger partial charge on any atom is -0.342 e. The minimum absolute atomic E-state index is 0.0480. The fourth-order valence-corrected chi connectivity index (χ4v) is 1.23.